The number of hydrogen-bond acceptors (Lipinski definition) is 3. The lowest BCUT2D eigenvalue weighted by atomic mass is 10.1. The average Bonchev–Trinajstić information content (AvgIpc) is 1.85. The monoisotopic (exact) mass is 154 g/mol. The summed E-state index contributed by atoms with van der Waals surface area (Å²) < 4.78 is 5.11. The van der Waals surface area contributed by atoms with Gasteiger partial charge in [-0.25, -0.2) is 0 Å². The van der Waals surface area contributed by atoms with Gasteiger partial charge in [-0.05, 0) is 6.92 Å². The van der Waals surface area contributed by atoms with Gasteiger partial charge in [0.05, 0.1) is 18.0 Å². The van der Waals surface area contributed by atoms with Crippen molar-refractivity contribution in [3.05, 3.63) is 24.4 Å². The van der Waals surface area contributed by atoms with E-state index in [0.717, 1.165) is 5.88 Å². The molecule has 1 atom stereocenters. The summed E-state index contributed by atoms with van der Waals surface area (Å²) >= 11 is 0. The highest BCUT2D eigenvalue weighted by atomic mass is 16.5. The largest absolute Gasteiger partial charge is 0.448 e. The van der Waals surface area contributed by atoms with Crippen molar-refractivity contribution in [1.82, 2.24) is 10.2 Å². The van der Waals surface area contributed by atoms with Gasteiger partial charge >= 0.3 is 0 Å². The second-order valence-corrected chi connectivity index (χ2v) is 2.76. The van der Waals surface area contributed by atoms with Gasteiger partial charge in [-0.1, -0.05) is 6.58 Å². The Morgan fingerprint density at radius 3 is 2.64 bits per heavy atom. The third kappa shape index (κ3) is 1.31. The van der Waals surface area contributed by atoms with E-state index < -0.39 is 0 Å². The summed E-state index contributed by atoms with van der Waals surface area (Å²) in [7, 11) is 4.00. The van der Waals surface area contributed by atoms with E-state index in [1.807, 2.05) is 19.0 Å². The molecule has 62 valence electrons. The molecule has 1 rings (SSSR count). The molecule has 11 heavy (non-hydrogen) atoms. The van der Waals surface area contributed by atoms with Crippen LogP contribution in [0.3, 0.4) is 0 Å². The van der Waals surface area contributed by atoms with Crippen LogP contribution in [0.5, 0.6) is 0 Å². The zero-order valence-corrected chi connectivity index (χ0v) is 7.22. The quantitative estimate of drug-likeness (QED) is 0.610. The third-order valence-electron chi connectivity index (χ3n) is 1.67. The van der Waals surface area contributed by atoms with Crippen LogP contribution in [-0.2, 0) is 4.74 Å². The number of rotatable bonds is 3. The van der Waals surface area contributed by atoms with Crippen molar-refractivity contribution in [2.24, 2.45) is 0 Å². The van der Waals surface area contributed by atoms with Crippen LogP contribution in [-0.4, -0.2) is 25.0 Å². The fourth-order valence-electron chi connectivity index (χ4n) is 1.23. The van der Waals surface area contributed by atoms with Crippen molar-refractivity contribution in [3.63, 3.8) is 0 Å². The predicted molar refractivity (Wildman–Crippen MR) is 44.6 cm³/mol. The molecule has 1 aliphatic heterocycles. The van der Waals surface area contributed by atoms with Crippen LogP contribution in [0, 0.1) is 0 Å². The Kier molecular flexibility index (Phi) is 2.08. The van der Waals surface area contributed by atoms with Gasteiger partial charge in [-0.2, -0.15) is 0 Å². The molecule has 0 amide bonds. The minimum absolute atomic E-state index is 0.389. The first-order valence-electron chi connectivity index (χ1n) is 3.62. The molecule has 0 aromatic carbocycles. The van der Waals surface area contributed by atoms with Crippen molar-refractivity contribution in [1.29, 1.82) is 0 Å². The predicted octanol–water partition coefficient (Wildman–Crippen LogP) is 0.869. The van der Waals surface area contributed by atoms with Gasteiger partial charge in [-0.15, -0.1) is 0 Å². The SMILES string of the molecule is C=COC1=C(N(C)C)[C@@H](C)N1. The van der Waals surface area contributed by atoms with E-state index in [1.54, 1.807) is 0 Å². The van der Waals surface area contributed by atoms with E-state index in [2.05, 4.69) is 18.8 Å². The highest BCUT2D eigenvalue weighted by Gasteiger charge is 2.27. The molecule has 0 aromatic heterocycles. The maximum atomic E-state index is 5.11. The Bertz CT molecular complexity index is 196. The number of likely N-dealkylation sites (N-methyl/N-ethyl adjacent to an activating group) is 1. The molecule has 0 aromatic rings. The third-order valence-corrected chi connectivity index (χ3v) is 1.67. The molecule has 0 spiro atoms. The molecule has 1 N–H and O–H groups in total. The summed E-state index contributed by atoms with van der Waals surface area (Å²) in [5.41, 5.74) is 1.19. The first-order chi connectivity index (χ1) is 5.16. The van der Waals surface area contributed by atoms with E-state index >= 15 is 0 Å². The maximum Gasteiger partial charge on any atom is 0.214 e. The van der Waals surface area contributed by atoms with Crippen molar-refractivity contribution in [3.8, 4) is 0 Å². The molecule has 3 heteroatoms. The Balaban J connectivity index is 2.69. The highest BCUT2D eigenvalue weighted by Crippen LogP contribution is 2.21. The summed E-state index contributed by atoms with van der Waals surface area (Å²) in [5, 5.41) is 3.12. The molecule has 0 unspecified atom stereocenters. The van der Waals surface area contributed by atoms with Crippen LogP contribution in [0.4, 0.5) is 0 Å². The van der Waals surface area contributed by atoms with Crippen LogP contribution < -0.4 is 5.32 Å². The topological polar surface area (TPSA) is 24.5 Å². The normalized spacial score (nSPS) is 21.9. The second-order valence-electron chi connectivity index (χ2n) is 2.76. The lowest BCUT2D eigenvalue weighted by Crippen LogP contribution is -2.45. The Morgan fingerprint density at radius 2 is 2.27 bits per heavy atom. The lowest BCUT2D eigenvalue weighted by Gasteiger charge is -2.35. The minimum atomic E-state index is 0.389. The first-order valence-corrected chi connectivity index (χ1v) is 3.62. The van der Waals surface area contributed by atoms with Gasteiger partial charge in [0.1, 0.15) is 0 Å². The molecule has 1 aliphatic rings. The summed E-state index contributed by atoms with van der Waals surface area (Å²) in [6.45, 7) is 5.57. The summed E-state index contributed by atoms with van der Waals surface area (Å²) in [6.07, 6.45) is 1.43. The molecule has 0 fully saturated rings. The van der Waals surface area contributed by atoms with Crippen molar-refractivity contribution in [2.45, 2.75) is 13.0 Å². The van der Waals surface area contributed by atoms with Gasteiger partial charge in [-0.3, -0.25) is 0 Å². The van der Waals surface area contributed by atoms with Crippen LogP contribution >= 0.6 is 0 Å². The Labute approximate surface area is 67.3 Å². The number of ether oxygens (including phenoxy) is 1. The molecule has 0 radical (unpaired) electrons. The number of nitrogens with one attached hydrogen (secondary N) is 1. The standard InChI is InChI=1S/C8H14N2O/c1-5-11-8-7(10(3)4)6(2)9-8/h5-6,9H,1H2,2-4H3/t6-/m1/s1. The highest BCUT2D eigenvalue weighted by molar-refractivity contribution is 5.23. The van der Waals surface area contributed by atoms with Gasteiger partial charge < -0.3 is 15.0 Å². The molecular formula is C8H14N2O. The fraction of sp³-hybridized carbons (Fsp3) is 0.500. The Morgan fingerprint density at radius 1 is 1.64 bits per heavy atom. The van der Waals surface area contributed by atoms with Crippen LogP contribution in [0.2, 0.25) is 0 Å². The first kappa shape index (κ1) is 7.98. The van der Waals surface area contributed by atoms with Crippen LogP contribution in [0.1, 0.15) is 6.92 Å². The van der Waals surface area contributed by atoms with E-state index in [4.69, 9.17) is 4.74 Å². The molecule has 0 aliphatic carbocycles. The zero-order valence-electron chi connectivity index (χ0n) is 7.22. The molecular weight excluding hydrogens is 140 g/mol. The van der Waals surface area contributed by atoms with Gasteiger partial charge in [0.15, 0.2) is 0 Å². The van der Waals surface area contributed by atoms with Crippen LogP contribution in [0.25, 0.3) is 0 Å². The van der Waals surface area contributed by atoms with E-state index in [-0.39, 0.29) is 0 Å². The minimum Gasteiger partial charge on any atom is -0.448 e. The van der Waals surface area contributed by atoms with E-state index in [0.29, 0.717) is 6.04 Å². The molecule has 0 saturated carbocycles. The van der Waals surface area contributed by atoms with Crippen molar-refractivity contribution in [2.75, 3.05) is 14.1 Å². The molecule has 1 heterocycles. The molecule has 0 bridgehead atoms. The average molecular weight is 154 g/mol. The number of hydrogen-bond donors (Lipinski definition) is 1. The summed E-state index contributed by atoms with van der Waals surface area (Å²) in [5.74, 6) is 0.817. The molecule has 3 nitrogen and oxygen atoms in total. The van der Waals surface area contributed by atoms with Crippen molar-refractivity contribution < 1.29 is 4.74 Å². The fourth-order valence-corrected chi connectivity index (χ4v) is 1.23. The zero-order chi connectivity index (χ0) is 8.43. The summed E-state index contributed by atoms with van der Waals surface area (Å²) in [4.78, 5) is 2.04. The maximum absolute atomic E-state index is 5.11. The summed E-state index contributed by atoms with van der Waals surface area (Å²) in [6, 6.07) is 0.389. The van der Waals surface area contributed by atoms with Gasteiger partial charge in [0.25, 0.3) is 0 Å². The van der Waals surface area contributed by atoms with Crippen LogP contribution in [0.15, 0.2) is 24.4 Å². The number of nitrogens with zero attached hydrogens (tertiary/aromatic N) is 1. The second kappa shape index (κ2) is 2.86. The smallest absolute Gasteiger partial charge is 0.214 e. The van der Waals surface area contributed by atoms with E-state index in [9.17, 15) is 0 Å². The Hall–Kier alpha value is -1.12. The van der Waals surface area contributed by atoms with E-state index in [1.165, 1.54) is 12.0 Å². The van der Waals surface area contributed by atoms with Gasteiger partial charge in [0.2, 0.25) is 5.88 Å². The molecule has 0 saturated heterocycles. The lowest BCUT2D eigenvalue weighted by molar-refractivity contribution is 0.227. The van der Waals surface area contributed by atoms with Gasteiger partial charge in [0, 0.05) is 14.1 Å². The van der Waals surface area contributed by atoms with Crippen molar-refractivity contribution >= 4 is 0 Å².